The summed E-state index contributed by atoms with van der Waals surface area (Å²) in [4.78, 5) is 4.42. The Balaban J connectivity index is 1.53. The van der Waals surface area contributed by atoms with E-state index in [1.54, 1.807) is 0 Å². The number of hydrogen-bond acceptors (Lipinski definition) is 2. The molecule has 3 nitrogen and oxygen atoms in total. The number of nitrogens with zero attached hydrogens (tertiary/aromatic N) is 2. The zero-order chi connectivity index (χ0) is 16.6. The third kappa shape index (κ3) is 2.39. The SMILES string of the molecule is CCCCCC[N@+]12CC[C@@H]3CC[C@H]([C@@H](Oc4ccccn4)C1)[C@@]32C. The predicted octanol–water partition coefficient (Wildman–Crippen LogP) is 4.43. The van der Waals surface area contributed by atoms with Gasteiger partial charge in [0.05, 0.1) is 19.0 Å². The second-order valence-electron chi connectivity index (χ2n) is 8.56. The van der Waals surface area contributed by atoms with Crippen molar-refractivity contribution in [2.75, 3.05) is 19.6 Å². The van der Waals surface area contributed by atoms with E-state index in [2.05, 4.69) is 18.8 Å². The Morgan fingerprint density at radius 3 is 2.92 bits per heavy atom. The van der Waals surface area contributed by atoms with Gasteiger partial charge >= 0.3 is 0 Å². The highest BCUT2D eigenvalue weighted by molar-refractivity contribution is 5.13. The molecule has 4 rings (SSSR count). The Kier molecular flexibility index (Phi) is 4.32. The topological polar surface area (TPSA) is 22.1 Å². The van der Waals surface area contributed by atoms with Gasteiger partial charge in [-0.2, -0.15) is 0 Å². The van der Waals surface area contributed by atoms with E-state index in [1.807, 2.05) is 24.4 Å². The summed E-state index contributed by atoms with van der Waals surface area (Å²) in [6.07, 6.45) is 11.9. The second kappa shape index (κ2) is 6.33. The lowest BCUT2D eigenvalue weighted by Gasteiger charge is -2.43. The van der Waals surface area contributed by atoms with Crippen molar-refractivity contribution < 1.29 is 9.22 Å². The number of quaternary nitrogens is 1. The Morgan fingerprint density at radius 2 is 2.12 bits per heavy atom. The van der Waals surface area contributed by atoms with Crippen molar-refractivity contribution >= 4 is 0 Å². The summed E-state index contributed by atoms with van der Waals surface area (Å²) in [6, 6.07) is 6.02. The van der Waals surface area contributed by atoms with Gasteiger partial charge in [-0.25, -0.2) is 4.98 Å². The monoisotopic (exact) mass is 329 g/mol. The maximum atomic E-state index is 6.43. The van der Waals surface area contributed by atoms with Gasteiger partial charge < -0.3 is 9.22 Å². The Morgan fingerprint density at radius 1 is 1.21 bits per heavy atom. The van der Waals surface area contributed by atoms with Crippen LogP contribution in [-0.2, 0) is 0 Å². The number of pyridine rings is 1. The molecule has 3 aliphatic rings. The van der Waals surface area contributed by atoms with Crippen molar-refractivity contribution in [2.24, 2.45) is 11.8 Å². The van der Waals surface area contributed by atoms with Crippen molar-refractivity contribution in [3.63, 3.8) is 0 Å². The summed E-state index contributed by atoms with van der Waals surface area (Å²) >= 11 is 0. The quantitative estimate of drug-likeness (QED) is 0.545. The van der Waals surface area contributed by atoms with Gasteiger partial charge in [0.25, 0.3) is 0 Å². The number of aromatic nitrogens is 1. The molecule has 132 valence electrons. The van der Waals surface area contributed by atoms with Crippen LogP contribution in [0.25, 0.3) is 0 Å². The summed E-state index contributed by atoms with van der Waals surface area (Å²) in [5.41, 5.74) is 0.464. The van der Waals surface area contributed by atoms with Gasteiger partial charge in [0.1, 0.15) is 12.1 Å². The third-order valence-corrected chi connectivity index (χ3v) is 7.66. The van der Waals surface area contributed by atoms with Gasteiger partial charge in [-0.3, -0.25) is 0 Å². The normalized spacial score (nSPS) is 40.0. The molecule has 3 fully saturated rings. The molecule has 0 bridgehead atoms. The molecule has 1 aromatic heterocycles. The molecule has 1 aliphatic carbocycles. The second-order valence-corrected chi connectivity index (χ2v) is 8.56. The molecule has 5 atom stereocenters. The average Bonchev–Trinajstić information content (AvgIpc) is 3.16. The maximum Gasteiger partial charge on any atom is 0.213 e. The molecule has 0 spiro atoms. The van der Waals surface area contributed by atoms with E-state index in [1.165, 1.54) is 69.1 Å². The number of rotatable bonds is 7. The fourth-order valence-corrected chi connectivity index (χ4v) is 6.39. The molecule has 3 heteroatoms. The first-order chi connectivity index (χ1) is 11.7. The average molecular weight is 330 g/mol. The van der Waals surface area contributed by atoms with Crippen LogP contribution in [0.15, 0.2) is 24.4 Å². The summed E-state index contributed by atoms with van der Waals surface area (Å²) in [5, 5.41) is 0. The minimum atomic E-state index is 0.362. The predicted molar refractivity (Wildman–Crippen MR) is 96.9 cm³/mol. The first kappa shape index (κ1) is 16.4. The highest BCUT2D eigenvalue weighted by atomic mass is 16.5. The van der Waals surface area contributed by atoms with E-state index in [9.17, 15) is 0 Å². The highest BCUT2D eigenvalue weighted by Crippen LogP contribution is 2.60. The molecular weight excluding hydrogens is 296 g/mol. The van der Waals surface area contributed by atoms with Gasteiger partial charge in [-0.05, 0) is 38.7 Å². The van der Waals surface area contributed by atoms with Crippen molar-refractivity contribution in [3.8, 4) is 5.88 Å². The first-order valence-corrected chi connectivity index (χ1v) is 10.1. The van der Waals surface area contributed by atoms with Gasteiger partial charge in [0.15, 0.2) is 6.10 Å². The van der Waals surface area contributed by atoms with E-state index < -0.39 is 0 Å². The minimum absolute atomic E-state index is 0.362. The molecule has 0 aromatic carbocycles. The van der Waals surface area contributed by atoms with Crippen molar-refractivity contribution in [3.05, 3.63) is 24.4 Å². The van der Waals surface area contributed by atoms with Crippen LogP contribution in [0.5, 0.6) is 5.88 Å². The molecule has 0 radical (unpaired) electrons. The Bertz CT molecular complexity index is 562. The number of ether oxygens (including phenoxy) is 1. The van der Waals surface area contributed by atoms with Crippen molar-refractivity contribution in [2.45, 2.75) is 70.4 Å². The van der Waals surface area contributed by atoms with E-state index in [-0.39, 0.29) is 0 Å². The Labute approximate surface area is 147 Å². The lowest BCUT2D eigenvalue weighted by molar-refractivity contribution is -0.953. The van der Waals surface area contributed by atoms with Crippen LogP contribution in [0, 0.1) is 11.8 Å². The molecular formula is C21H33N2O+. The van der Waals surface area contributed by atoms with Crippen LogP contribution in [0.4, 0.5) is 0 Å². The number of hydrogen-bond donors (Lipinski definition) is 0. The summed E-state index contributed by atoms with van der Waals surface area (Å²) in [6.45, 7) is 8.86. The minimum Gasteiger partial charge on any atom is -0.468 e. The fraction of sp³-hybridized carbons (Fsp3) is 0.762. The molecule has 3 heterocycles. The van der Waals surface area contributed by atoms with E-state index in [0.29, 0.717) is 11.6 Å². The first-order valence-electron chi connectivity index (χ1n) is 10.1. The maximum absolute atomic E-state index is 6.43. The van der Waals surface area contributed by atoms with Gasteiger partial charge in [-0.1, -0.05) is 25.8 Å². The summed E-state index contributed by atoms with van der Waals surface area (Å²) < 4.78 is 7.77. The van der Waals surface area contributed by atoms with Crippen molar-refractivity contribution in [1.82, 2.24) is 4.98 Å². The van der Waals surface area contributed by atoms with E-state index >= 15 is 0 Å². The molecule has 1 aromatic rings. The van der Waals surface area contributed by atoms with Crippen LogP contribution >= 0.6 is 0 Å². The van der Waals surface area contributed by atoms with Crippen LogP contribution in [0.1, 0.15) is 58.8 Å². The van der Waals surface area contributed by atoms with Crippen molar-refractivity contribution in [1.29, 1.82) is 0 Å². The van der Waals surface area contributed by atoms with Crippen LogP contribution in [0.2, 0.25) is 0 Å². The largest absolute Gasteiger partial charge is 0.468 e. The molecule has 2 aliphatic heterocycles. The molecule has 2 saturated heterocycles. The zero-order valence-electron chi connectivity index (χ0n) is 15.4. The van der Waals surface area contributed by atoms with Crippen LogP contribution in [-0.4, -0.2) is 40.7 Å². The lowest BCUT2D eigenvalue weighted by Crippen LogP contribution is -2.58. The van der Waals surface area contributed by atoms with E-state index in [0.717, 1.165) is 17.7 Å². The molecule has 0 amide bonds. The lowest BCUT2D eigenvalue weighted by atomic mass is 9.83. The molecule has 0 unspecified atom stereocenters. The molecule has 0 N–H and O–H groups in total. The summed E-state index contributed by atoms with van der Waals surface area (Å²) in [7, 11) is 0. The molecule has 1 saturated carbocycles. The Hall–Kier alpha value is -1.09. The van der Waals surface area contributed by atoms with Crippen LogP contribution < -0.4 is 4.74 Å². The zero-order valence-corrected chi connectivity index (χ0v) is 15.4. The smallest absolute Gasteiger partial charge is 0.213 e. The molecule has 24 heavy (non-hydrogen) atoms. The van der Waals surface area contributed by atoms with E-state index in [4.69, 9.17) is 4.74 Å². The van der Waals surface area contributed by atoms with Gasteiger partial charge in [0.2, 0.25) is 5.88 Å². The fourth-order valence-electron chi connectivity index (χ4n) is 6.39. The number of unbranched alkanes of at least 4 members (excludes halogenated alkanes) is 3. The third-order valence-electron chi connectivity index (χ3n) is 7.66. The summed E-state index contributed by atoms with van der Waals surface area (Å²) in [5.74, 6) is 2.46. The van der Waals surface area contributed by atoms with Gasteiger partial charge in [-0.15, -0.1) is 0 Å². The standard InChI is InChI=1S/C21H33N2O/c1-3-4-5-8-14-23-15-12-17-10-11-18(21(17,23)2)19(16-23)24-20-9-6-7-13-22-20/h6-7,9,13,17-19H,3-5,8,10-12,14-16H2,1-2H3/q+1/t17-,18+,19-,21+,23-/m0/s1. The van der Waals surface area contributed by atoms with Gasteiger partial charge in [0, 0.05) is 24.6 Å². The highest BCUT2D eigenvalue weighted by Gasteiger charge is 2.71. The van der Waals surface area contributed by atoms with Crippen LogP contribution in [0.3, 0.4) is 0 Å².